The second-order valence-corrected chi connectivity index (χ2v) is 1.88. The summed E-state index contributed by atoms with van der Waals surface area (Å²) in [6.07, 6.45) is 0. The molecule has 1 aromatic heterocycles. The Morgan fingerprint density at radius 1 is 1.83 bits per heavy atom. The number of thiophene rings is 1. The highest BCUT2D eigenvalue weighted by molar-refractivity contribution is 7.11. The monoisotopic (exact) mass is 101 g/mol. The number of hydrogen-bond acceptors (Lipinski definition) is 2. The Bertz CT molecular complexity index is 115. The summed E-state index contributed by atoms with van der Waals surface area (Å²) in [5, 5.41) is 10.7. The molecular weight excluding hydrogens is 96.1 g/mol. The molecule has 0 fully saturated rings. The van der Waals surface area contributed by atoms with Crippen LogP contribution in [0.3, 0.4) is 0 Å². The highest BCUT2D eigenvalue weighted by Gasteiger charge is 1.77. The molecule has 0 aliphatic heterocycles. The van der Waals surface area contributed by atoms with Crippen molar-refractivity contribution in [2.24, 2.45) is 0 Å². The molecule has 0 radical (unpaired) electrons. The summed E-state index contributed by atoms with van der Waals surface area (Å²) in [7, 11) is 0. The van der Waals surface area contributed by atoms with Crippen molar-refractivity contribution in [1.29, 1.82) is 0 Å². The Morgan fingerprint density at radius 3 is 2.83 bits per heavy atom. The molecule has 6 heavy (non-hydrogen) atoms. The van der Waals surface area contributed by atoms with Gasteiger partial charge in [0.05, 0.1) is 0 Å². The van der Waals surface area contributed by atoms with Crippen molar-refractivity contribution in [2.45, 2.75) is 0 Å². The van der Waals surface area contributed by atoms with Gasteiger partial charge >= 0.3 is 1.43 Å². The van der Waals surface area contributed by atoms with Gasteiger partial charge in [0.2, 0.25) is 0 Å². The van der Waals surface area contributed by atoms with Crippen LogP contribution in [0.15, 0.2) is 17.5 Å². The molecule has 0 amide bonds. The Kier molecular flexibility index (Phi) is 0.801. The molecule has 1 N–H and O–H groups in total. The van der Waals surface area contributed by atoms with E-state index in [1.54, 1.807) is 12.1 Å². The quantitative estimate of drug-likeness (QED) is 0.526. The van der Waals surface area contributed by atoms with Crippen molar-refractivity contribution in [3.05, 3.63) is 17.5 Å². The number of hydrogen-bond donors (Lipinski definition) is 1. The zero-order chi connectivity index (χ0) is 4.41. The second kappa shape index (κ2) is 1.30. The van der Waals surface area contributed by atoms with Gasteiger partial charge in [-0.2, -0.15) is 0 Å². The van der Waals surface area contributed by atoms with E-state index in [-0.39, 0.29) is 1.43 Å². The largest absolute Gasteiger partial charge is 1.00 e. The number of rotatable bonds is 0. The lowest BCUT2D eigenvalue weighted by Gasteiger charge is -1.67. The van der Waals surface area contributed by atoms with Crippen molar-refractivity contribution in [3.63, 3.8) is 0 Å². The average molecular weight is 101 g/mol. The fraction of sp³-hybridized carbons (Fsp3) is 0. The lowest BCUT2D eigenvalue weighted by atomic mass is 10.7. The third-order valence-corrected chi connectivity index (χ3v) is 1.18. The normalized spacial score (nSPS) is 8.67. The third-order valence-electron chi connectivity index (χ3n) is 0.506. The molecular formula is C4H5OS+. The maximum atomic E-state index is 8.49. The van der Waals surface area contributed by atoms with Crippen molar-refractivity contribution in [1.82, 2.24) is 0 Å². The van der Waals surface area contributed by atoms with E-state index in [4.69, 9.17) is 5.11 Å². The fourth-order valence-electron chi connectivity index (χ4n) is 0.270. The highest BCUT2D eigenvalue weighted by atomic mass is 32.1. The zero-order valence-corrected chi connectivity index (χ0v) is 3.90. The molecule has 0 saturated heterocycles. The predicted octanol–water partition coefficient (Wildman–Crippen LogP) is 1.57. The second-order valence-electron chi connectivity index (χ2n) is 0.951. The first-order valence-electron chi connectivity index (χ1n) is 1.62. The number of aromatic hydroxyl groups is 1. The van der Waals surface area contributed by atoms with Crippen LogP contribution < -0.4 is 0 Å². The molecule has 2 heteroatoms. The predicted molar refractivity (Wildman–Crippen MR) is 27.1 cm³/mol. The molecule has 0 spiro atoms. The molecule has 0 bridgehead atoms. The van der Waals surface area contributed by atoms with Gasteiger partial charge < -0.3 is 5.11 Å². The summed E-state index contributed by atoms with van der Waals surface area (Å²) in [6, 6.07) is 3.46. The average Bonchev–Trinajstić information content (AvgIpc) is 1.86. The van der Waals surface area contributed by atoms with Crippen LogP contribution in [-0.4, -0.2) is 5.11 Å². The first-order chi connectivity index (χ1) is 2.89. The minimum Gasteiger partial charge on any atom is -0.499 e. The van der Waals surface area contributed by atoms with E-state index in [0.717, 1.165) is 0 Å². The van der Waals surface area contributed by atoms with Crippen LogP contribution in [0.5, 0.6) is 5.06 Å². The first kappa shape index (κ1) is 3.68. The molecule has 1 aromatic rings. The van der Waals surface area contributed by atoms with Crippen LogP contribution in [0.1, 0.15) is 1.43 Å². The molecule has 0 aliphatic rings. The Morgan fingerprint density at radius 2 is 2.67 bits per heavy atom. The summed E-state index contributed by atoms with van der Waals surface area (Å²) in [4.78, 5) is 0. The summed E-state index contributed by atoms with van der Waals surface area (Å²) in [5.41, 5.74) is 0. The molecule has 0 unspecified atom stereocenters. The fourth-order valence-corrected chi connectivity index (χ4v) is 0.724. The standard InChI is InChI=1S/C4H4OS/c5-4-2-1-3-6-4/h1-3,5H/p+1. The summed E-state index contributed by atoms with van der Waals surface area (Å²) < 4.78 is 0. The maximum Gasteiger partial charge on any atom is 1.00 e. The van der Waals surface area contributed by atoms with Crippen LogP contribution in [0.4, 0.5) is 0 Å². The summed E-state index contributed by atoms with van der Waals surface area (Å²) in [5.74, 6) is 0. The third kappa shape index (κ3) is 0.518. The van der Waals surface area contributed by atoms with Gasteiger partial charge in [-0.1, -0.05) is 0 Å². The minimum absolute atomic E-state index is 0. The van der Waals surface area contributed by atoms with E-state index in [9.17, 15) is 0 Å². The molecule has 0 aliphatic carbocycles. The lowest BCUT2D eigenvalue weighted by molar-refractivity contribution is 0.491. The molecule has 1 rings (SSSR count). The smallest absolute Gasteiger partial charge is 0.499 e. The van der Waals surface area contributed by atoms with Crippen LogP contribution in [0.2, 0.25) is 0 Å². The molecule has 0 saturated carbocycles. The van der Waals surface area contributed by atoms with E-state index < -0.39 is 0 Å². The van der Waals surface area contributed by atoms with Gasteiger partial charge in [-0.25, -0.2) is 0 Å². The zero-order valence-electron chi connectivity index (χ0n) is 4.09. The van der Waals surface area contributed by atoms with Gasteiger partial charge in [0.15, 0.2) is 5.06 Å². The SMILES string of the molecule is Oc1cccs1.[H+]. The van der Waals surface area contributed by atoms with E-state index in [1.165, 1.54) is 11.3 Å². The van der Waals surface area contributed by atoms with Crippen LogP contribution in [0, 0.1) is 0 Å². The van der Waals surface area contributed by atoms with E-state index in [0.29, 0.717) is 5.06 Å². The molecule has 0 atom stereocenters. The van der Waals surface area contributed by atoms with Gasteiger partial charge in [-0.3, -0.25) is 0 Å². The summed E-state index contributed by atoms with van der Waals surface area (Å²) in [6.45, 7) is 0. The van der Waals surface area contributed by atoms with Gasteiger partial charge in [-0.05, 0) is 17.5 Å². The van der Waals surface area contributed by atoms with E-state index in [2.05, 4.69) is 0 Å². The molecule has 1 nitrogen and oxygen atoms in total. The lowest BCUT2D eigenvalue weighted by Crippen LogP contribution is -1.35. The molecule has 32 valence electrons. The van der Waals surface area contributed by atoms with E-state index >= 15 is 0 Å². The summed E-state index contributed by atoms with van der Waals surface area (Å²) >= 11 is 1.33. The topological polar surface area (TPSA) is 20.2 Å². The Balaban J connectivity index is 0.000000360. The highest BCUT2D eigenvalue weighted by Crippen LogP contribution is 2.14. The van der Waals surface area contributed by atoms with Crippen molar-refractivity contribution >= 4 is 11.3 Å². The van der Waals surface area contributed by atoms with Gasteiger partial charge in [-0.15, -0.1) is 11.3 Å². The van der Waals surface area contributed by atoms with Crippen LogP contribution in [-0.2, 0) is 0 Å². The minimum atomic E-state index is 0. The maximum absolute atomic E-state index is 8.49. The van der Waals surface area contributed by atoms with E-state index in [1.807, 2.05) is 5.38 Å². The first-order valence-corrected chi connectivity index (χ1v) is 2.50. The Hall–Kier alpha value is -0.500. The van der Waals surface area contributed by atoms with Gasteiger partial charge in [0.25, 0.3) is 0 Å². The van der Waals surface area contributed by atoms with Crippen LogP contribution >= 0.6 is 11.3 Å². The van der Waals surface area contributed by atoms with Gasteiger partial charge in [0, 0.05) is 0 Å². The molecule has 0 aromatic carbocycles. The van der Waals surface area contributed by atoms with Gasteiger partial charge in [0.1, 0.15) is 0 Å². The van der Waals surface area contributed by atoms with Crippen molar-refractivity contribution in [2.75, 3.05) is 0 Å². The van der Waals surface area contributed by atoms with Crippen molar-refractivity contribution in [3.8, 4) is 5.06 Å². The molecule has 1 heterocycles. The van der Waals surface area contributed by atoms with Crippen molar-refractivity contribution < 1.29 is 6.53 Å². The van der Waals surface area contributed by atoms with Crippen LogP contribution in [0.25, 0.3) is 0 Å². The Labute approximate surface area is 41.4 Å².